The largest absolute Gasteiger partial charge is 0.391 e. The lowest BCUT2D eigenvalue weighted by Gasteiger charge is -2.08. The van der Waals surface area contributed by atoms with Crippen LogP contribution in [0.2, 0.25) is 0 Å². The molecule has 1 aromatic carbocycles. The maximum atomic E-state index is 13.0. The predicted octanol–water partition coefficient (Wildman–Crippen LogP) is 0.966. The molecule has 0 amide bonds. The van der Waals surface area contributed by atoms with Gasteiger partial charge in [-0.2, -0.15) is 0 Å². The molecule has 1 aromatic rings. The van der Waals surface area contributed by atoms with Gasteiger partial charge < -0.3 is 10.8 Å². The number of aliphatic hydroxyl groups excluding tert-OH is 1. The van der Waals surface area contributed by atoms with Crippen LogP contribution in [0.3, 0.4) is 0 Å². The van der Waals surface area contributed by atoms with Crippen LogP contribution in [-0.2, 0) is 6.42 Å². The Balaban J connectivity index is 2.94. The second-order valence-electron chi connectivity index (χ2n) is 2.93. The van der Waals surface area contributed by atoms with Crippen molar-refractivity contribution < 1.29 is 18.3 Å². The molecule has 0 heterocycles. The van der Waals surface area contributed by atoms with E-state index in [2.05, 4.69) is 0 Å². The van der Waals surface area contributed by atoms with Crippen molar-refractivity contribution >= 4 is 0 Å². The van der Waals surface area contributed by atoms with Crippen molar-refractivity contribution in [3.8, 4) is 0 Å². The van der Waals surface area contributed by atoms with E-state index in [1.54, 1.807) is 0 Å². The molecule has 2 nitrogen and oxygen atoms in total. The van der Waals surface area contributed by atoms with Crippen molar-refractivity contribution in [3.63, 3.8) is 0 Å². The molecule has 0 aliphatic carbocycles. The second-order valence-corrected chi connectivity index (χ2v) is 2.93. The third-order valence-electron chi connectivity index (χ3n) is 1.84. The zero-order chi connectivity index (χ0) is 10.7. The number of hydrogen-bond donors (Lipinski definition) is 2. The van der Waals surface area contributed by atoms with Gasteiger partial charge in [0.15, 0.2) is 17.5 Å². The van der Waals surface area contributed by atoms with Crippen LogP contribution >= 0.6 is 0 Å². The molecular weight excluding hydrogens is 195 g/mol. The Hall–Kier alpha value is -1.07. The molecule has 0 saturated heterocycles. The molecule has 0 radical (unpaired) electrons. The summed E-state index contributed by atoms with van der Waals surface area (Å²) in [5, 5.41) is 9.09. The van der Waals surface area contributed by atoms with Crippen LogP contribution in [0.25, 0.3) is 0 Å². The van der Waals surface area contributed by atoms with Gasteiger partial charge in [-0.05, 0) is 11.6 Å². The lowest BCUT2D eigenvalue weighted by atomic mass is 10.1. The van der Waals surface area contributed by atoms with Crippen molar-refractivity contribution in [1.29, 1.82) is 0 Å². The molecule has 78 valence electrons. The summed E-state index contributed by atoms with van der Waals surface area (Å²) in [7, 11) is 0. The van der Waals surface area contributed by atoms with E-state index in [1.807, 2.05) is 0 Å². The summed E-state index contributed by atoms with van der Waals surface area (Å²) in [6, 6.07) is 1.91. The number of aliphatic hydroxyl groups is 1. The topological polar surface area (TPSA) is 46.2 Å². The van der Waals surface area contributed by atoms with Gasteiger partial charge in [-0.25, -0.2) is 13.2 Å². The number of hydrogen-bond acceptors (Lipinski definition) is 2. The van der Waals surface area contributed by atoms with Crippen LogP contribution in [0.4, 0.5) is 13.2 Å². The van der Waals surface area contributed by atoms with E-state index >= 15 is 0 Å². The van der Waals surface area contributed by atoms with E-state index in [1.165, 1.54) is 0 Å². The molecule has 0 bridgehead atoms. The standard InChI is InChI=1S/C9H10F3NO/c10-7-2-1-5(3-6(14)4-13)8(11)9(7)12/h1-2,6,14H,3-4,13H2. The highest BCUT2D eigenvalue weighted by Crippen LogP contribution is 2.16. The molecule has 0 saturated carbocycles. The first-order valence-corrected chi connectivity index (χ1v) is 4.06. The Morgan fingerprint density at radius 3 is 2.43 bits per heavy atom. The van der Waals surface area contributed by atoms with Gasteiger partial charge in [0.25, 0.3) is 0 Å². The lowest BCUT2D eigenvalue weighted by Crippen LogP contribution is -2.22. The highest BCUT2D eigenvalue weighted by molar-refractivity contribution is 5.21. The maximum Gasteiger partial charge on any atom is 0.194 e. The monoisotopic (exact) mass is 205 g/mol. The van der Waals surface area contributed by atoms with E-state index in [9.17, 15) is 13.2 Å². The van der Waals surface area contributed by atoms with Crippen molar-refractivity contribution in [2.24, 2.45) is 5.73 Å². The number of benzene rings is 1. The van der Waals surface area contributed by atoms with Gasteiger partial charge in [-0.1, -0.05) is 6.07 Å². The van der Waals surface area contributed by atoms with Crippen molar-refractivity contribution in [3.05, 3.63) is 35.1 Å². The minimum atomic E-state index is -1.52. The summed E-state index contributed by atoms with van der Waals surface area (Å²) in [5.74, 6) is -4.03. The SMILES string of the molecule is NCC(O)Cc1ccc(F)c(F)c1F. The summed E-state index contributed by atoms with van der Waals surface area (Å²) in [4.78, 5) is 0. The van der Waals surface area contributed by atoms with Crippen molar-refractivity contribution in [2.45, 2.75) is 12.5 Å². The summed E-state index contributed by atoms with van der Waals surface area (Å²) >= 11 is 0. The molecule has 0 spiro atoms. The quantitative estimate of drug-likeness (QED) is 0.722. The summed E-state index contributed by atoms with van der Waals surface area (Å²) in [5.41, 5.74) is 5.02. The van der Waals surface area contributed by atoms with Gasteiger partial charge in [0.2, 0.25) is 0 Å². The van der Waals surface area contributed by atoms with Gasteiger partial charge in [0.05, 0.1) is 6.10 Å². The van der Waals surface area contributed by atoms with Crippen LogP contribution in [0.5, 0.6) is 0 Å². The molecule has 0 fully saturated rings. The van der Waals surface area contributed by atoms with Crippen molar-refractivity contribution in [1.82, 2.24) is 0 Å². The molecule has 0 aliphatic rings. The Morgan fingerprint density at radius 1 is 1.21 bits per heavy atom. The summed E-state index contributed by atoms with van der Waals surface area (Å²) in [6.45, 7) is -0.0571. The first-order valence-electron chi connectivity index (χ1n) is 4.06. The van der Waals surface area contributed by atoms with Crippen LogP contribution in [0.15, 0.2) is 12.1 Å². The zero-order valence-electron chi connectivity index (χ0n) is 7.30. The molecule has 1 atom stereocenters. The van der Waals surface area contributed by atoms with E-state index in [0.717, 1.165) is 12.1 Å². The lowest BCUT2D eigenvalue weighted by molar-refractivity contribution is 0.181. The molecular formula is C9H10F3NO. The number of halogens is 3. The van der Waals surface area contributed by atoms with Crippen molar-refractivity contribution in [2.75, 3.05) is 6.54 Å². The Bertz CT molecular complexity index is 330. The third-order valence-corrected chi connectivity index (χ3v) is 1.84. The maximum absolute atomic E-state index is 13.0. The minimum Gasteiger partial charge on any atom is -0.391 e. The van der Waals surface area contributed by atoms with Crippen LogP contribution in [0.1, 0.15) is 5.56 Å². The van der Waals surface area contributed by atoms with Gasteiger partial charge in [-0.15, -0.1) is 0 Å². The van der Waals surface area contributed by atoms with Gasteiger partial charge in [0.1, 0.15) is 0 Å². The summed E-state index contributed by atoms with van der Waals surface area (Å²) < 4.78 is 38.2. The van der Waals surface area contributed by atoms with Gasteiger partial charge in [0, 0.05) is 13.0 Å². The fourth-order valence-corrected chi connectivity index (χ4v) is 1.06. The zero-order valence-corrected chi connectivity index (χ0v) is 7.30. The normalized spacial score (nSPS) is 12.9. The van der Waals surface area contributed by atoms with E-state index < -0.39 is 23.6 Å². The third kappa shape index (κ3) is 2.24. The first kappa shape index (κ1) is 11.0. The van der Waals surface area contributed by atoms with Gasteiger partial charge in [-0.3, -0.25) is 0 Å². The average Bonchev–Trinajstić information content (AvgIpc) is 2.19. The fourth-order valence-electron chi connectivity index (χ4n) is 1.06. The molecule has 1 unspecified atom stereocenters. The smallest absolute Gasteiger partial charge is 0.194 e. The molecule has 1 rings (SSSR count). The van der Waals surface area contributed by atoms with Crippen LogP contribution < -0.4 is 5.73 Å². The number of rotatable bonds is 3. The molecule has 14 heavy (non-hydrogen) atoms. The predicted molar refractivity (Wildman–Crippen MR) is 45.1 cm³/mol. The van der Waals surface area contributed by atoms with E-state index in [-0.39, 0.29) is 18.5 Å². The van der Waals surface area contributed by atoms with Crippen LogP contribution in [0, 0.1) is 17.5 Å². The highest BCUT2D eigenvalue weighted by Gasteiger charge is 2.15. The van der Waals surface area contributed by atoms with E-state index in [0.29, 0.717) is 0 Å². The fraction of sp³-hybridized carbons (Fsp3) is 0.333. The molecule has 5 heteroatoms. The molecule has 0 aromatic heterocycles. The average molecular weight is 205 g/mol. The number of nitrogens with two attached hydrogens (primary N) is 1. The van der Waals surface area contributed by atoms with Gasteiger partial charge >= 0.3 is 0 Å². The Morgan fingerprint density at radius 2 is 1.86 bits per heavy atom. The highest BCUT2D eigenvalue weighted by atomic mass is 19.2. The minimum absolute atomic E-state index is 0.0571. The Labute approximate surface area is 79.2 Å². The summed E-state index contributed by atoms with van der Waals surface area (Å²) in [6.07, 6.45) is -1.08. The van der Waals surface area contributed by atoms with Crippen LogP contribution in [-0.4, -0.2) is 17.8 Å². The molecule has 0 aliphatic heterocycles. The molecule has 3 N–H and O–H groups in total. The Kier molecular flexibility index (Phi) is 3.49. The second kappa shape index (κ2) is 4.43. The van der Waals surface area contributed by atoms with E-state index in [4.69, 9.17) is 10.8 Å². The first-order chi connectivity index (χ1) is 6.56.